The van der Waals surface area contributed by atoms with Gasteiger partial charge >= 0.3 is 0 Å². The summed E-state index contributed by atoms with van der Waals surface area (Å²) < 4.78 is 0. The first-order valence-corrected chi connectivity index (χ1v) is 6.85. The predicted molar refractivity (Wildman–Crippen MR) is 83.4 cm³/mol. The van der Waals surface area contributed by atoms with Crippen molar-refractivity contribution in [3.63, 3.8) is 0 Å². The molecule has 6 heteroatoms. The Morgan fingerprint density at radius 3 is 2.81 bits per heavy atom. The molecule has 1 atom stereocenters. The molecule has 0 fully saturated rings. The van der Waals surface area contributed by atoms with Crippen LogP contribution in [0.2, 0.25) is 5.15 Å². The molecule has 0 saturated carbocycles. The summed E-state index contributed by atoms with van der Waals surface area (Å²) in [7, 11) is 0. The van der Waals surface area contributed by atoms with E-state index in [1.807, 2.05) is 31.2 Å². The van der Waals surface area contributed by atoms with E-state index in [0.717, 1.165) is 11.3 Å². The smallest absolute Gasteiger partial charge is 0.250 e. The number of halogens is 1. The van der Waals surface area contributed by atoms with E-state index in [4.69, 9.17) is 16.7 Å². The minimum Gasteiger partial charge on any atom is -0.387 e. The second-order valence-electron chi connectivity index (χ2n) is 4.54. The lowest BCUT2D eigenvalue weighted by Gasteiger charge is -2.17. The first-order chi connectivity index (χ1) is 10.1. The molecule has 0 aliphatic carbocycles. The highest BCUT2D eigenvalue weighted by molar-refractivity contribution is 6.30. The fourth-order valence-electron chi connectivity index (χ4n) is 1.94. The lowest BCUT2D eigenvalue weighted by atomic mass is 10.1. The predicted octanol–water partition coefficient (Wildman–Crippen LogP) is 2.84. The highest BCUT2D eigenvalue weighted by Gasteiger charge is 2.10. The third-order valence-corrected chi connectivity index (χ3v) is 3.24. The van der Waals surface area contributed by atoms with Crippen LogP contribution in [0.3, 0.4) is 0 Å². The number of anilines is 2. The fraction of sp³-hybridized carbons (Fsp3) is 0.200. The number of aliphatic hydroxyl groups excluding tert-OH is 1. The summed E-state index contributed by atoms with van der Waals surface area (Å²) in [6.07, 6.45) is 1.64. The average molecular weight is 306 g/mol. The molecule has 0 saturated heterocycles. The maximum atomic E-state index is 11.2. The van der Waals surface area contributed by atoms with Crippen LogP contribution in [0, 0.1) is 0 Å². The molecule has 0 radical (unpaired) electrons. The molecule has 3 N–H and O–H groups in total. The quantitative estimate of drug-likeness (QED) is 0.743. The van der Waals surface area contributed by atoms with Gasteiger partial charge in [-0.2, -0.15) is 0 Å². The van der Waals surface area contributed by atoms with E-state index in [0.29, 0.717) is 10.8 Å². The second-order valence-corrected chi connectivity index (χ2v) is 4.89. The third-order valence-electron chi connectivity index (χ3n) is 2.93. The number of pyridine rings is 1. The molecule has 0 spiro atoms. The molecule has 1 aromatic heterocycles. The van der Waals surface area contributed by atoms with Crippen molar-refractivity contribution in [1.82, 2.24) is 4.98 Å². The Morgan fingerprint density at radius 1 is 1.33 bits per heavy atom. The van der Waals surface area contributed by atoms with Crippen LogP contribution < -0.4 is 10.6 Å². The molecule has 1 unspecified atom stereocenters. The van der Waals surface area contributed by atoms with Gasteiger partial charge in [0.05, 0.1) is 6.04 Å². The number of benzene rings is 1. The van der Waals surface area contributed by atoms with Gasteiger partial charge in [0.1, 0.15) is 11.8 Å². The molecule has 1 amide bonds. The maximum absolute atomic E-state index is 11.2. The minimum atomic E-state index is -0.542. The minimum absolute atomic E-state index is 0.0324. The SMILES string of the molecule is CC(Nc1cccc(NC(=O)CO)c1)c1cccnc1Cl. The molecule has 0 aliphatic heterocycles. The lowest BCUT2D eigenvalue weighted by Crippen LogP contribution is -2.15. The molecule has 21 heavy (non-hydrogen) atoms. The van der Waals surface area contributed by atoms with Gasteiger partial charge in [-0.05, 0) is 31.2 Å². The maximum Gasteiger partial charge on any atom is 0.250 e. The number of hydrogen-bond acceptors (Lipinski definition) is 4. The van der Waals surface area contributed by atoms with Crippen LogP contribution in [0.5, 0.6) is 0 Å². The number of nitrogens with zero attached hydrogens (tertiary/aromatic N) is 1. The third kappa shape index (κ3) is 4.18. The van der Waals surface area contributed by atoms with E-state index in [2.05, 4.69) is 15.6 Å². The molecule has 2 rings (SSSR count). The molecule has 110 valence electrons. The van der Waals surface area contributed by atoms with Gasteiger partial charge in [0, 0.05) is 23.1 Å². The molecule has 1 heterocycles. The van der Waals surface area contributed by atoms with Gasteiger partial charge < -0.3 is 15.7 Å². The van der Waals surface area contributed by atoms with Gasteiger partial charge in [0.15, 0.2) is 0 Å². The number of amides is 1. The molecular formula is C15H16ClN3O2. The zero-order chi connectivity index (χ0) is 15.2. The lowest BCUT2D eigenvalue weighted by molar-refractivity contribution is -0.118. The summed E-state index contributed by atoms with van der Waals surface area (Å²) in [5, 5.41) is 15.1. The number of carbonyl (C=O) groups excluding carboxylic acids is 1. The zero-order valence-electron chi connectivity index (χ0n) is 11.5. The molecule has 1 aromatic carbocycles. The van der Waals surface area contributed by atoms with Gasteiger partial charge in [-0.15, -0.1) is 0 Å². The summed E-state index contributed by atoms with van der Waals surface area (Å²) in [5.74, 6) is -0.449. The number of aliphatic hydroxyl groups is 1. The Morgan fingerprint density at radius 2 is 2.10 bits per heavy atom. The van der Waals surface area contributed by atoms with Crippen molar-refractivity contribution >= 4 is 28.9 Å². The van der Waals surface area contributed by atoms with Crippen LogP contribution in [0.4, 0.5) is 11.4 Å². The van der Waals surface area contributed by atoms with E-state index >= 15 is 0 Å². The van der Waals surface area contributed by atoms with Gasteiger partial charge in [0.25, 0.3) is 0 Å². The van der Waals surface area contributed by atoms with Gasteiger partial charge in [0.2, 0.25) is 5.91 Å². The Balaban J connectivity index is 2.11. The summed E-state index contributed by atoms with van der Waals surface area (Å²) in [4.78, 5) is 15.2. The zero-order valence-corrected chi connectivity index (χ0v) is 12.3. The Kier molecular flexibility index (Phi) is 5.14. The molecule has 0 bridgehead atoms. The van der Waals surface area contributed by atoms with Crippen LogP contribution in [-0.2, 0) is 4.79 Å². The fourth-order valence-corrected chi connectivity index (χ4v) is 2.22. The second kappa shape index (κ2) is 7.06. The van der Waals surface area contributed by atoms with Crippen LogP contribution in [0.25, 0.3) is 0 Å². The van der Waals surface area contributed by atoms with E-state index in [1.54, 1.807) is 18.3 Å². The van der Waals surface area contributed by atoms with E-state index in [9.17, 15) is 4.79 Å². The normalized spacial score (nSPS) is 11.8. The number of nitrogens with one attached hydrogen (secondary N) is 2. The monoisotopic (exact) mass is 305 g/mol. The first-order valence-electron chi connectivity index (χ1n) is 6.48. The van der Waals surface area contributed by atoms with E-state index in [1.165, 1.54) is 0 Å². The molecular weight excluding hydrogens is 290 g/mol. The van der Waals surface area contributed by atoms with E-state index in [-0.39, 0.29) is 6.04 Å². The highest BCUT2D eigenvalue weighted by Crippen LogP contribution is 2.25. The van der Waals surface area contributed by atoms with Gasteiger partial charge in [-0.25, -0.2) is 4.98 Å². The van der Waals surface area contributed by atoms with Crippen molar-refractivity contribution in [3.8, 4) is 0 Å². The molecule has 5 nitrogen and oxygen atoms in total. The van der Waals surface area contributed by atoms with Crippen molar-refractivity contribution in [2.24, 2.45) is 0 Å². The topological polar surface area (TPSA) is 74.2 Å². The van der Waals surface area contributed by atoms with Crippen molar-refractivity contribution in [2.75, 3.05) is 17.2 Å². The Labute approximate surface area is 128 Å². The van der Waals surface area contributed by atoms with Crippen LogP contribution >= 0.6 is 11.6 Å². The molecule has 2 aromatic rings. The molecule has 0 aliphatic rings. The Bertz CT molecular complexity index is 634. The van der Waals surface area contributed by atoms with Crippen molar-refractivity contribution in [1.29, 1.82) is 0 Å². The van der Waals surface area contributed by atoms with Crippen molar-refractivity contribution in [2.45, 2.75) is 13.0 Å². The summed E-state index contributed by atoms with van der Waals surface area (Å²) in [5.41, 5.74) is 2.34. The standard InChI is InChI=1S/C15H16ClN3O2/c1-10(13-6-3-7-17-15(13)16)18-11-4-2-5-12(8-11)19-14(21)9-20/h2-8,10,18,20H,9H2,1H3,(H,19,21). The largest absolute Gasteiger partial charge is 0.387 e. The van der Waals surface area contributed by atoms with Crippen LogP contribution in [0.15, 0.2) is 42.6 Å². The van der Waals surface area contributed by atoms with Crippen molar-refractivity contribution in [3.05, 3.63) is 53.3 Å². The first kappa shape index (κ1) is 15.3. The number of rotatable bonds is 5. The van der Waals surface area contributed by atoms with Gasteiger partial charge in [-0.3, -0.25) is 4.79 Å². The summed E-state index contributed by atoms with van der Waals surface area (Å²) >= 11 is 6.07. The summed E-state index contributed by atoms with van der Waals surface area (Å²) in [6.45, 7) is 1.43. The highest BCUT2D eigenvalue weighted by atomic mass is 35.5. The van der Waals surface area contributed by atoms with Gasteiger partial charge in [-0.1, -0.05) is 23.7 Å². The van der Waals surface area contributed by atoms with Crippen molar-refractivity contribution < 1.29 is 9.90 Å². The number of aromatic nitrogens is 1. The number of hydrogen-bond donors (Lipinski definition) is 3. The Hall–Kier alpha value is -2.11. The average Bonchev–Trinajstić information content (AvgIpc) is 2.47. The summed E-state index contributed by atoms with van der Waals surface area (Å²) in [6, 6.07) is 10.9. The van der Waals surface area contributed by atoms with E-state index < -0.39 is 12.5 Å². The van der Waals surface area contributed by atoms with Crippen LogP contribution in [0.1, 0.15) is 18.5 Å². The number of carbonyl (C=O) groups is 1. The van der Waals surface area contributed by atoms with Crippen LogP contribution in [-0.4, -0.2) is 22.6 Å².